The van der Waals surface area contributed by atoms with Crippen LogP contribution >= 0.6 is 0 Å². The maximum absolute atomic E-state index is 12.0. The van der Waals surface area contributed by atoms with E-state index in [1.54, 1.807) is 0 Å². The van der Waals surface area contributed by atoms with Crippen LogP contribution in [0.15, 0.2) is 21.6 Å². The van der Waals surface area contributed by atoms with Crippen molar-refractivity contribution in [3.63, 3.8) is 0 Å². The summed E-state index contributed by atoms with van der Waals surface area (Å²) in [7, 11) is 0.814. The Labute approximate surface area is 114 Å². The van der Waals surface area contributed by atoms with Crippen LogP contribution in [0.3, 0.4) is 0 Å². The van der Waals surface area contributed by atoms with Crippen LogP contribution in [0, 0.1) is 0 Å². The van der Waals surface area contributed by atoms with Crippen molar-refractivity contribution < 1.29 is 18.5 Å². The van der Waals surface area contributed by atoms with Gasteiger partial charge < -0.3 is 14.4 Å². The number of nitrogens with zero attached hydrogens (tertiary/aromatic N) is 2. The molecule has 6 nitrogen and oxygen atoms in total. The highest BCUT2D eigenvalue weighted by molar-refractivity contribution is 7.84. The fraction of sp³-hybridized carbons (Fsp3) is 0.583. The lowest BCUT2D eigenvalue weighted by Gasteiger charge is -2.32. The first-order valence-corrected chi connectivity index (χ1v) is 7.50. The molecule has 2 heterocycles. The Kier molecular flexibility index (Phi) is 4.73. The van der Waals surface area contributed by atoms with E-state index < -0.39 is 16.8 Å². The molecule has 1 N–H and O–H groups in total. The number of carbonyl (C=O) groups is 1. The van der Waals surface area contributed by atoms with Gasteiger partial charge in [0.05, 0.1) is 10.8 Å². The van der Waals surface area contributed by atoms with Crippen molar-refractivity contribution in [2.75, 3.05) is 45.5 Å². The van der Waals surface area contributed by atoms with E-state index in [2.05, 4.69) is 16.8 Å². The molecule has 0 spiro atoms. The summed E-state index contributed by atoms with van der Waals surface area (Å²) >= 11 is 0. The molecule has 0 bridgehead atoms. The molecular weight excluding hydrogens is 268 g/mol. The lowest BCUT2D eigenvalue weighted by Crippen LogP contribution is -2.45. The average Bonchev–Trinajstić information content (AvgIpc) is 2.87. The van der Waals surface area contributed by atoms with Gasteiger partial charge in [0, 0.05) is 38.5 Å². The lowest BCUT2D eigenvalue weighted by molar-refractivity contribution is 0.0656. The SMILES string of the molecule is CN1CCN(CCS(=O)c2ccc(C(=O)O)o2)CC1. The molecule has 106 valence electrons. The normalized spacial score (nSPS) is 19.4. The molecule has 0 amide bonds. The summed E-state index contributed by atoms with van der Waals surface area (Å²) in [4.78, 5) is 15.2. The molecule has 1 aliphatic rings. The van der Waals surface area contributed by atoms with Gasteiger partial charge in [-0.3, -0.25) is 9.11 Å². The lowest BCUT2D eigenvalue weighted by atomic mass is 10.3. The predicted molar refractivity (Wildman–Crippen MR) is 70.9 cm³/mol. The van der Waals surface area contributed by atoms with Crippen molar-refractivity contribution >= 4 is 16.8 Å². The third-order valence-corrected chi connectivity index (χ3v) is 4.43. The van der Waals surface area contributed by atoms with Gasteiger partial charge in [-0.25, -0.2) is 4.79 Å². The van der Waals surface area contributed by atoms with Gasteiger partial charge in [-0.2, -0.15) is 0 Å². The largest absolute Gasteiger partial charge is 0.475 e. The van der Waals surface area contributed by atoms with E-state index in [-0.39, 0.29) is 10.9 Å². The van der Waals surface area contributed by atoms with Gasteiger partial charge in [-0.15, -0.1) is 0 Å². The van der Waals surface area contributed by atoms with Crippen molar-refractivity contribution in [1.82, 2.24) is 9.80 Å². The number of furan rings is 1. The van der Waals surface area contributed by atoms with Crippen molar-refractivity contribution in [2.45, 2.75) is 5.09 Å². The second-order valence-corrected chi connectivity index (χ2v) is 6.12. The van der Waals surface area contributed by atoms with Crippen LogP contribution in [0.25, 0.3) is 0 Å². The van der Waals surface area contributed by atoms with Crippen LogP contribution in [0.5, 0.6) is 0 Å². The first kappa shape index (κ1) is 14.2. The van der Waals surface area contributed by atoms with E-state index in [0.717, 1.165) is 32.7 Å². The molecule has 0 aromatic carbocycles. The number of hydrogen-bond acceptors (Lipinski definition) is 5. The number of piperazine rings is 1. The Morgan fingerprint density at radius 3 is 2.63 bits per heavy atom. The fourth-order valence-corrected chi connectivity index (χ4v) is 2.97. The number of likely N-dealkylation sites (N-methyl/N-ethyl adjacent to an activating group) is 1. The summed E-state index contributed by atoms with van der Waals surface area (Å²) in [6.45, 7) is 4.75. The third-order valence-electron chi connectivity index (χ3n) is 3.21. The van der Waals surface area contributed by atoms with Gasteiger partial charge in [0.1, 0.15) is 0 Å². The summed E-state index contributed by atoms with van der Waals surface area (Å²) in [5.41, 5.74) is 0. The van der Waals surface area contributed by atoms with E-state index in [4.69, 9.17) is 9.52 Å². The Bertz CT molecular complexity index is 466. The molecule has 1 aliphatic heterocycles. The summed E-state index contributed by atoms with van der Waals surface area (Å²) in [5, 5.41) is 8.98. The highest BCUT2D eigenvalue weighted by Crippen LogP contribution is 2.13. The van der Waals surface area contributed by atoms with E-state index in [1.807, 2.05) is 0 Å². The molecule has 0 aliphatic carbocycles. The zero-order valence-corrected chi connectivity index (χ0v) is 11.7. The van der Waals surface area contributed by atoms with Crippen molar-refractivity contribution in [3.8, 4) is 0 Å². The minimum absolute atomic E-state index is 0.164. The summed E-state index contributed by atoms with van der Waals surface area (Å²) in [5.74, 6) is -0.832. The monoisotopic (exact) mass is 286 g/mol. The zero-order chi connectivity index (χ0) is 13.8. The molecule has 19 heavy (non-hydrogen) atoms. The molecular formula is C12H18N2O4S. The highest BCUT2D eigenvalue weighted by Gasteiger charge is 2.17. The minimum atomic E-state index is -1.27. The molecule has 1 saturated heterocycles. The van der Waals surface area contributed by atoms with E-state index >= 15 is 0 Å². The molecule has 1 aromatic heterocycles. The number of aromatic carboxylic acids is 1. The molecule has 2 rings (SSSR count). The van der Waals surface area contributed by atoms with E-state index in [1.165, 1.54) is 12.1 Å². The van der Waals surface area contributed by atoms with Gasteiger partial charge in [-0.1, -0.05) is 0 Å². The Hall–Kier alpha value is -1.18. The highest BCUT2D eigenvalue weighted by atomic mass is 32.2. The molecule has 1 atom stereocenters. The fourth-order valence-electron chi connectivity index (χ4n) is 1.94. The first-order chi connectivity index (χ1) is 9.06. The Morgan fingerprint density at radius 1 is 1.37 bits per heavy atom. The smallest absolute Gasteiger partial charge is 0.371 e. The minimum Gasteiger partial charge on any atom is -0.475 e. The molecule has 1 unspecified atom stereocenters. The van der Waals surface area contributed by atoms with Crippen LogP contribution in [0.2, 0.25) is 0 Å². The van der Waals surface area contributed by atoms with Crippen molar-refractivity contribution in [1.29, 1.82) is 0 Å². The molecule has 1 fully saturated rings. The number of carboxylic acid groups (broad SMARTS) is 1. The number of rotatable bonds is 5. The van der Waals surface area contributed by atoms with Gasteiger partial charge >= 0.3 is 5.97 Å². The van der Waals surface area contributed by atoms with E-state index in [9.17, 15) is 9.00 Å². The second kappa shape index (κ2) is 6.31. The quantitative estimate of drug-likeness (QED) is 0.841. The van der Waals surface area contributed by atoms with E-state index in [0.29, 0.717) is 5.75 Å². The maximum Gasteiger partial charge on any atom is 0.371 e. The van der Waals surface area contributed by atoms with Crippen LogP contribution in [0.4, 0.5) is 0 Å². The molecule has 1 aromatic rings. The zero-order valence-electron chi connectivity index (χ0n) is 10.9. The maximum atomic E-state index is 12.0. The van der Waals surface area contributed by atoms with Crippen LogP contribution in [0.1, 0.15) is 10.6 Å². The van der Waals surface area contributed by atoms with Crippen LogP contribution in [-0.4, -0.2) is 70.6 Å². The van der Waals surface area contributed by atoms with Gasteiger partial charge in [0.2, 0.25) is 5.76 Å². The predicted octanol–water partition coefficient (Wildman–Crippen LogP) is 0.333. The summed E-state index contributed by atoms with van der Waals surface area (Å²) < 4.78 is 17.0. The van der Waals surface area contributed by atoms with Crippen molar-refractivity contribution in [3.05, 3.63) is 17.9 Å². The number of hydrogen-bond donors (Lipinski definition) is 1. The Balaban J connectivity index is 1.82. The van der Waals surface area contributed by atoms with Gasteiger partial charge in [-0.05, 0) is 19.2 Å². The average molecular weight is 286 g/mol. The Morgan fingerprint density at radius 2 is 2.05 bits per heavy atom. The van der Waals surface area contributed by atoms with Gasteiger partial charge in [0.15, 0.2) is 5.09 Å². The van der Waals surface area contributed by atoms with Crippen molar-refractivity contribution in [2.24, 2.45) is 0 Å². The van der Waals surface area contributed by atoms with Crippen LogP contribution in [-0.2, 0) is 10.8 Å². The van der Waals surface area contributed by atoms with Gasteiger partial charge in [0.25, 0.3) is 0 Å². The van der Waals surface area contributed by atoms with Crippen LogP contribution < -0.4 is 0 Å². The molecule has 0 saturated carbocycles. The summed E-state index contributed by atoms with van der Waals surface area (Å²) in [6.07, 6.45) is 0. The molecule has 0 radical (unpaired) electrons. The molecule has 7 heteroatoms. The second-order valence-electron chi connectivity index (χ2n) is 4.62. The standard InChI is InChI=1S/C12H18N2O4S/c1-13-4-6-14(7-5-13)8-9-19(17)11-3-2-10(18-11)12(15)16/h2-3H,4-9H2,1H3,(H,15,16). The third kappa shape index (κ3) is 3.89. The topological polar surface area (TPSA) is 74.0 Å². The summed E-state index contributed by atoms with van der Waals surface area (Å²) in [6, 6.07) is 2.81. The first-order valence-electron chi connectivity index (χ1n) is 6.18. The number of carboxylic acids is 1.